The van der Waals surface area contributed by atoms with E-state index in [0.717, 1.165) is 47.7 Å². The van der Waals surface area contributed by atoms with Gasteiger partial charge in [0.05, 0.1) is 24.8 Å². The molecule has 0 aliphatic heterocycles. The number of aryl methyl sites for hydroxylation is 1. The number of para-hydroxylation sites is 2. The van der Waals surface area contributed by atoms with Crippen LogP contribution in [-0.4, -0.2) is 23.3 Å². The van der Waals surface area contributed by atoms with E-state index in [-0.39, 0.29) is 0 Å². The van der Waals surface area contributed by atoms with Crippen LogP contribution in [-0.2, 0) is 13.0 Å². The zero-order valence-electron chi connectivity index (χ0n) is 16.3. The van der Waals surface area contributed by atoms with Crippen molar-refractivity contribution in [1.29, 1.82) is 0 Å². The summed E-state index contributed by atoms with van der Waals surface area (Å²) < 4.78 is 13.4. The largest absolute Gasteiger partial charge is 0.497 e. The lowest BCUT2D eigenvalue weighted by Gasteiger charge is -2.11. The Balaban J connectivity index is 1.47. The first kappa shape index (κ1) is 19.3. The van der Waals surface area contributed by atoms with Crippen molar-refractivity contribution < 1.29 is 9.47 Å². The minimum Gasteiger partial charge on any atom is -0.497 e. The van der Waals surface area contributed by atoms with Crippen molar-refractivity contribution in [1.82, 2.24) is 9.55 Å². The molecule has 4 aromatic rings. The predicted molar refractivity (Wildman–Crippen MR) is 117 cm³/mol. The number of nitrogens with zero attached hydrogens (tertiary/aromatic N) is 2. The fourth-order valence-electron chi connectivity index (χ4n) is 3.38. The van der Waals surface area contributed by atoms with Crippen molar-refractivity contribution >= 4 is 22.6 Å². The molecule has 148 valence electrons. The van der Waals surface area contributed by atoms with Gasteiger partial charge < -0.3 is 14.0 Å². The van der Waals surface area contributed by atoms with Crippen LogP contribution < -0.4 is 9.47 Å². The van der Waals surface area contributed by atoms with E-state index in [1.807, 2.05) is 42.5 Å². The van der Waals surface area contributed by atoms with Gasteiger partial charge in [-0.2, -0.15) is 0 Å². The Labute approximate surface area is 175 Å². The fourth-order valence-corrected chi connectivity index (χ4v) is 3.51. The van der Waals surface area contributed by atoms with Crippen LogP contribution in [0, 0.1) is 0 Å². The van der Waals surface area contributed by atoms with E-state index in [1.54, 1.807) is 7.11 Å². The minimum absolute atomic E-state index is 0.635. The molecule has 0 fully saturated rings. The van der Waals surface area contributed by atoms with Gasteiger partial charge in [0.2, 0.25) is 0 Å². The number of halogens is 1. The molecule has 4 nitrogen and oxygen atoms in total. The Hall–Kier alpha value is -2.98. The van der Waals surface area contributed by atoms with Gasteiger partial charge in [0.15, 0.2) is 0 Å². The zero-order valence-corrected chi connectivity index (χ0v) is 17.1. The number of aromatic nitrogens is 2. The normalized spacial score (nSPS) is 11.0. The number of imidazole rings is 1. The lowest BCUT2D eigenvalue weighted by molar-refractivity contribution is 0.302. The third-order valence-corrected chi connectivity index (χ3v) is 5.12. The van der Waals surface area contributed by atoms with Crippen LogP contribution in [0.15, 0.2) is 72.8 Å². The predicted octanol–water partition coefficient (Wildman–Crippen LogP) is 5.76. The molecule has 0 spiro atoms. The van der Waals surface area contributed by atoms with E-state index >= 15 is 0 Å². The summed E-state index contributed by atoms with van der Waals surface area (Å²) in [5, 5.41) is 0.713. The average Bonchev–Trinajstić information content (AvgIpc) is 3.10. The van der Waals surface area contributed by atoms with Crippen molar-refractivity contribution in [2.75, 3.05) is 13.7 Å². The first-order valence-electron chi connectivity index (χ1n) is 9.68. The first-order valence-corrected chi connectivity index (χ1v) is 10.1. The van der Waals surface area contributed by atoms with Gasteiger partial charge in [-0.25, -0.2) is 4.98 Å². The monoisotopic (exact) mass is 406 g/mol. The fraction of sp³-hybridized carbons (Fsp3) is 0.208. The highest BCUT2D eigenvalue weighted by molar-refractivity contribution is 6.30. The second-order valence-electron chi connectivity index (χ2n) is 6.85. The lowest BCUT2D eigenvalue weighted by Crippen LogP contribution is -2.08. The van der Waals surface area contributed by atoms with Gasteiger partial charge in [-0.3, -0.25) is 0 Å². The molecule has 0 saturated carbocycles. The second kappa shape index (κ2) is 9.01. The van der Waals surface area contributed by atoms with Gasteiger partial charge in [-0.1, -0.05) is 35.9 Å². The van der Waals surface area contributed by atoms with Crippen molar-refractivity contribution in [2.45, 2.75) is 19.4 Å². The Morgan fingerprint density at radius 1 is 0.897 bits per heavy atom. The zero-order chi connectivity index (χ0) is 20.1. The SMILES string of the molecule is COc1ccc(Cc2nc3ccccc3n2CCCOc2ccc(Cl)cc2)cc1. The number of benzene rings is 3. The molecule has 29 heavy (non-hydrogen) atoms. The number of hydrogen-bond acceptors (Lipinski definition) is 3. The second-order valence-corrected chi connectivity index (χ2v) is 7.29. The molecule has 0 radical (unpaired) electrons. The highest BCUT2D eigenvalue weighted by Crippen LogP contribution is 2.21. The summed E-state index contributed by atoms with van der Waals surface area (Å²) in [6.07, 6.45) is 1.66. The third kappa shape index (κ3) is 4.72. The maximum atomic E-state index is 5.92. The lowest BCUT2D eigenvalue weighted by atomic mass is 10.1. The summed E-state index contributed by atoms with van der Waals surface area (Å²) in [4.78, 5) is 4.87. The molecule has 0 bridgehead atoms. The van der Waals surface area contributed by atoms with Gasteiger partial charge in [0.1, 0.15) is 17.3 Å². The number of rotatable bonds is 8. The van der Waals surface area contributed by atoms with Crippen molar-refractivity contribution in [2.24, 2.45) is 0 Å². The van der Waals surface area contributed by atoms with Crippen LogP contribution in [0.25, 0.3) is 11.0 Å². The van der Waals surface area contributed by atoms with Crippen LogP contribution in [0.5, 0.6) is 11.5 Å². The molecule has 0 saturated heterocycles. The van der Waals surface area contributed by atoms with Gasteiger partial charge in [0.25, 0.3) is 0 Å². The van der Waals surface area contributed by atoms with Gasteiger partial charge >= 0.3 is 0 Å². The molecule has 0 unspecified atom stereocenters. The van der Waals surface area contributed by atoms with Gasteiger partial charge in [0, 0.05) is 18.0 Å². The number of hydrogen-bond donors (Lipinski definition) is 0. The maximum absolute atomic E-state index is 5.92. The summed E-state index contributed by atoms with van der Waals surface area (Å²) in [5.41, 5.74) is 3.39. The van der Waals surface area contributed by atoms with Crippen LogP contribution in [0.1, 0.15) is 17.8 Å². The summed E-state index contributed by atoms with van der Waals surface area (Å²) >= 11 is 5.92. The third-order valence-electron chi connectivity index (χ3n) is 4.86. The molecule has 0 N–H and O–H groups in total. The smallest absolute Gasteiger partial charge is 0.119 e. The molecule has 0 aliphatic carbocycles. The molecule has 0 atom stereocenters. The van der Waals surface area contributed by atoms with E-state index in [1.165, 1.54) is 5.56 Å². The topological polar surface area (TPSA) is 36.3 Å². The molecule has 4 rings (SSSR count). The van der Waals surface area contributed by atoms with Gasteiger partial charge in [-0.15, -0.1) is 0 Å². The quantitative estimate of drug-likeness (QED) is 0.349. The number of ether oxygens (including phenoxy) is 2. The Morgan fingerprint density at radius 2 is 1.62 bits per heavy atom. The van der Waals surface area contributed by atoms with E-state index in [0.29, 0.717) is 11.6 Å². The van der Waals surface area contributed by atoms with E-state index in [4.69, 9.17) is 26.1 Å². The summed E-state index contributed by atoms with van der Waals surface area (Å²) in [6.45, 7) is 1.48. The Bertz CT molecular complexity index is 1070. The minimum atomic E-state index is 0.635. The molecule has 5 heteroatoms. The van der Waals surface area contributed by atoms with E-state index in [2.05, 4.69) is 34.9 Å². The van der Waals surface area contributed by atoms with Crippen LogP contribution >= 0.6 is 11.6 Å². The van der Waals surface area contributed by atoms with Crippen LogP contribution in [0.4, 0.5) is 0 Å². The molecule has 0 amide bonds. The van der Waals surface area contributed by atoms with Crippen LogP contribution in [0.2, 0.25) is 5.02 Å². The number of fused-ring (bicyclic) bond motifs is 1. The van der Waals surface area contributed by atoms with E-state index in [9.17, 15) is 0 Å². The standard InChI is InChI=1S/C24H23ClN2O2/c1-28-20-11-7-18(8-12-20)17-24-26-22-5-2-3-6-23(22)27(24)15-4-16-29-21-13-9-19(25)10-14-21/h2-3,5-14H,4,15-17H2,1H3. The van der Waals surface area contributed by atoms with Crippen molar-refractivity contribution in [3.8, 4) is 11.5 Å². The molecule has 1 heterocycles. The maximum Gasteiger partial charge on any atom is 0.119 e. The van der Waals surface area contributed by atoms with Crippen molar-refractivity contribution in [3.05, 3.63) is 89.2 Å². The highest BCUT2D eigenvalue weighted by atomic mass is 35.5. The Morgan fingerprint density at radius 3 is 2.38 bits per heavy atom. The molecular weight excluding hydrogens is 384 g/mol. The molecule has 1 aromatic heterocycles. The summed E-state index contributed by atoms with van der Waals surface area (Å²) in [6, 6.07) is 23.9. The van der Waals surface area contributed by atoms with Crippen molar-refractivity contribution in [3.63, 3.8) is 0 Å². The molecular formula is C24H23ClN2O2. The summed E-state index contributed by atoms with van der Waals surface area (Å²) in [7, 11) is 1.68. The molecule has 0 aliphatic rings. The first-order chi connectivity index (χ1) is 14.2. The van der Waals surface area contributed by atoms with Gasteiger partial charge in [-0.05, 0) is 60.5 Å². The van der Waals surface area contributed by atoms with Crippen LogP contribution in [0.3, 0.4) is 0 Å². The highest BCUT2D eigenvalue weighted by Gasteiger charge is 2.11. The number of methoxy groups -OCH3 is 1. The summed E-state index contributed by atoms with van der Waals surface area (Å²) in [5.74, 6) is 2.76. The Kier molecular flexibility index (Phi) is 6.01. The average molecular weight is 407 g/mol. The molecule has 3 aromatic carbocycles. The van der Waals surface area contributed by atoms with E-state index < -0.39 is 0 Å².